The summed E-state index contributed by atoms with van der Waals surface area (Å²) in [6.45, 7) is 0. The van der Waals surface area contributed by atoms with Gasteiger partial charge >= 0.3 is 5.97 Å². The number of methoxy groups -OCH3 is 1. The van der Waals surface area contributed by atoms with Gasteiger partial charge in [0.1, 0.15) is 16.7 Å². The zero-order chi connectivity index (χ0) is 14.0. The number of carboxylic acid groups (broad SMARTS) is 1. The number of carboxylic acids is 1. The van der Waals surface area contributed by atoms with E-state index in [4.69, 9.17) is 21.4 Å². The van der Waals surface area contributed by atoms with Gasteiger partial charge in [-0.05, 0) is 24.3 Å². The molecule has 2 rings (SSSR count). The van der Waals surface area contributed by atoms with Crippen LogP contribution in [0.4, 0.5) is 4.39 Å². The Morgan fingerprint density at radius 3 is 2.74 bits per heavy atom. The SMILES string of the molecule is COc1ccc(F)cc1-c1cnc(Cl)cc1C(=O)O. The Morgan fingerprint density at radius 1 is 1.37 bits per heavy atom. The van der Waals surface area contributed by atoms with Gasteiger partial charge in [-0.1, -0.05) is 11.6 Å². The molecule has 0 radical (unpaired) electrons. The molecule has 0 amide bonds. The van der Waals surface area contributed by atoms with Gasteiger partial charge in [0, 0.05) is 17.3 Å². The van der Waals surface area contributed by atoms with E-state index in [1.807, 2.05) is 0 Å². The van der Waals surface area contributed by atoms with Gasteiger partial charge in [-0.25, -0.2) is 14.2 Å². The molecule has 0 aliphatic carbocycles. The molecule has 0 bridgehead atoms. The molecule has 0 saturated carbocycles. The smallest absolute Gasteiger partial charge is 0.336 e. The first kappa shape index (κ1) is 13.3. The van der Waals surface area contributed by atoms with E-state index >= 15 is 0 Å². The fourth-order valence-electron chi connectivity index (χ4n) is 1.71. The van der Waals surface area contributed by atoms with E-state index in [9.17, 15) is 9.18 Å². The zero-order valence-corrected chi connectivity index (χ0v) is 10.6. The molecule has 1 aromatic carbocycles. The fraction of sp³-hybridized carbons (Fsp3) is 0.0769. The van der Waals surface area contributed by atoms with Gasteiger partial charge in [0.15, 0.2) is 0 Å². The molecule has 4 nitrogen and oxygen atoms in total. The summed E-state index contributed by atoms with van der Waals surface area (Å²) in [5.41, 5.74) is 0.487. The first-order valence-electron chi connectivity index (χ1n) is 5.25. The van der Waals surface area contributed by atoms with Crippen molar-refractivity contribution in [2.24, 2.45) is 0 Å². The number of ether oxygens (including phenoxy) is 1. The number of benzene rings is 1. The molecular weight excluding hydrogens is 273 g/mol. The highest BCUT2D eigenvalue weighted by atomic mass is 35.5. The lowest BCUT2D eigenvalue weighted by Gasteiger charge is -2.11. The standard InChI is InChI=1S/C13H9ClFNO3/c1-19-11-3-2-7(15)4-8(11)10-6-16-12(14)5-9(10)13(17)18/h2-6H,1H3,(H,17,18). The summed E-state index contributed by atoms with van der Waals surface area (Å²) in [5, 5.41) is 9.22. The van der Waals surface area contributed by atoms with Gasteiger partial charge in [0.05, 0.1) is 12.7 Å². The molecule has 0 fully saturated rings. The maximum absolute atomic E-state index is 13.3. The molecule has 0 saturated heterocycles. The molecular formula is C13H9ClFNO3. The molecule has 1 N–H and O–H groups in total. The Balaban J connectivity index is 2.71. The molecule has 0 atom stereocenters. The van der Waals surface area contributed by atoms with Gasteiger partial charge in [0.2, 0.25) is 0 Å². The third-order valence-electron chi connectivity index (χ3n) is 2.55. The second-order valence-electron chi connectivity index (χ2n) is 3.70. The van der Waals surface area contributed by atoms with Gasteiger partial charge < -0.3 is 9.84 Å². The lowest BCUT2D eigenvalue weighted by molar-refractivity contribution is 0.0697. The van der Waals surface area contributed by atoms with Crippen LogP contribution in [0.5, 0.6) is 5.75 Å². The van der Waals surface area contributed by atoms with E-state index < -0.39 is 11.8 Å². The molecule has 1 aromatic heterocycles. The molecule has 1 heterocycles. The van der Waals surface area contributed by atoms with E-state index in [1.165, 1.54) is 37.6 Å². The molecule has 19 heavy (non-hydrogen) atoms. The molecule has 0 unspecified atom stereocenters. The van der Waals surface area contributed by atoms with E-state index in [-0.39, 0.29) is 16.3 Å². The van der Waals surface area contributed by atoms with Crippen LogP contribution in [0.2, 0.25) is 5.15 Å². The van der Waals surface area contributed by atoms with Gasteiger partial charge in [-0.2, -0.15) is 0 Å². The van der Waals surface area contributed by atoms with Crippen LogP contribution in [0.3, 0.4) is 0 Å². The maximum atomic E-state index is 13.3. The van der Waals surface area contributed by atoms with E-state index in [0.717, 1.165) is 0 Å². The molecule has 2 aromatic rings. The quantitative estimate of drug-likeness (QED) is 0.878. The topological polar surface area (TPSA) is 59.4 Å². The number of halogens is 2. The highest BCUT2D eigenvalue weighted by molar-refractivity contribution is 6.29. The highest BCUT2D eigenvalue weighted by Gasteiger charge is 2.17. The summed E-state index contributed by atoms with van der Waals surface area (Å²) in [7, 11) is 1.42. The van der Waals surface area contributed by atoms with Crippen molar-refractivity contribution in [3.8, 4) is 16.9 Å². The van der Waals surface area contributed by atoms with E-state index in [2.05, 4.69) is 4.98 Å². The van der Waals surface area contributed by atoms with Gasteiger partial charge in [-0.15, -0.1) is 0 Å². The summed E-state index contributed by atoms with van der Waals surface area (Å²) in [6.07, 6.45) is 1.28. The normalized spacial score (nSPS) is 10.3. The Kier molecular flexibility index (Phi) is 3.66. The number of nitrogens with zero attached hydrogens (tertiary/aromatic N) is 1. The largest absolute Gasteiger partial charge is 0.496 e. The van der Waals surface area contributed by atoms with Crippen molar-refractivity contribution >= 4 is 17.6 Å². The number of aromatic nitrogens is 1. The lowest BCUT2D eigenvalue weighted by atomic mass is 10.0. The molecule has 0 spiro atoms. The molecule has 6 heteroatoms. The number of pyridine rings is 1. The minimum atomic E-state index is -1.18. The minimum Gasteiger partial charge on any atom is -0.496 e. The van der Waals surface area contributed by atoms with Crippen molar-refractivity contribution in [1.29, 1.82) is 0 Å². The van der Waals surface area contributed by atoms with Crippen molar-refractivity contribution in [2.75, 3.05) is 7.11 Å². The molecule has 0 aliphatic heterocycles. The van der Waals surface area contributed by atoms with Crippen LogP contribution in [0, 0.1) is 5.82 Å². The monoisotopic (exact) mass is 281 g/mol. The predicted molar refractivity (Wildman–Crippen MR) is 68.2 cm³/mol. The van der Waals surface area contributed by atoms with Crippen LogP contribution in [0.1, 0.15) is 10.4 Å². The third kappa shape index (κ3) is 2.66. The first-order valence-corrected chi connectivity index (χ1v) is 5.63. The summed E-state index contributed by atoms with van der Waals surface area (Å²) >= 11 is 5.67. The van der Waals surface area contributed by atoms with Crippen LogP contribution in [0.25, 0.3) is 11.1 Å². The molecule has 0 aliphatic rings. The number of carbonyl (C=O) groups is 1. The lowest BCUT2D eigenvalue weighted by Crippen LogP contribution is -2.02. The van der Waals surface area contributed by atoms with E-state index in [0.29, 0.717) is 11.3 Å². The van der Waals surface area contributed by atoms with Crippen molar-refractivity contribution in [2.45, 2.75) is 0 Å². The Labute approximate surface area is 113 Å². The van der Waals surface area contributed by atoms with Crippen LogP contribution in [-0.2, 0) is 0 Å². The Morgan fingerprint density at radius 2 is 2.11 bits per heavy atom. The molecule has 98 valence electrons. The van der Waals surface area contributed by atoms with Crippen molar-refractivity contribution < 1.29 is 19.0 Å². The number of hydrogen-bond donors (Lipinski definition) is 1. The minimum absolute atomic E-state index is 0.0523. The zero-order valence-electron chi connectivity index (χ0n) is 9.85. The Hall–Kier alpha value is -2.14. The second-order valence-corrected chi connectivity index (χ2v) is 4.09. The van der Waals surface area contributed by atoms with Crippen LogP contribution in [-0.4, -0.2) is 23.2 Å². The summed E-state index contributed by atoms with van der Waals surface area (Å²) in [5.74, 6) is -1.32. The van der Waals surface area contributed by atoms with Crippen molar-refractivity contribution in [3.63, 3.8) is 0 Å². The number of rotatable bonds is 3. The average molecular weight is 282 g/mol. The van der Waals surface area contributed by atoms with Crippen LogP contribution in [0.15, 0.2) is 30.5 Å². The Bertz CT molecular complexity index is 646. The van der Waals surface area contributed by atoms with E-state index in [1.54, 1.807) is 0 Å². The number of aromatic carboxylic acids is 1. The third-order valence-corrected chi connectivity index (χ3v) is 2.76. The van der Waals surface area contributed by atoms with Crippen LogP contribution >= 0.6 is 11.6 Å². The van der Waals surface area contributed by atoms with Gasteiger partial charge in [-0.3, -0.25) is 0 Å². The summed E-state index contributed by atoms with van der Waals surface area (Å²) in [4.78, 5) is 15.0. The first-order chi connectivity index (χ1) is 9.02. The maximum Gasteiger partial charge on any atom is 0.336 e. The fourth-order valence-corrected chi connectivity index (χ4v) is 1.87. The number of hydrogen-bond acceptors (Lipinski definition) is 3. The highest BCUT2D eigenvalue weighted by Crippen LogP contribution is 2.33. The van der Waals surface area contributed by atoms with Crippen LogP contribution < -0.4 is 4.74 Å². The summed E-state index contributed by atoms with van der Waals surface area (Å²) in [6, 6.07) is 5.05. The van der Waals surface area contributed by atoms with Crippen molar-refractivity contribution in [1.82, 2.24) is 4.98 Å². The van der Waals surface area contributed by atoms with Crippen molar-refractivity contribution in [3.05, 3.63) is 47.0 Å². The average Bonchev–Trinajstić information content (AvgIpc) is 2.38. The summed E-state index contributed by atoms with van der Waals surface area (Å²) < 4.78 is 18.4. The van der Waals surface area contributed by atoms with Gasteiger partial charge in [0.25, 0.3) is 0 Å². The predicted octanol–water partition coefficient (Wildman–Crippen LogP) is 3.25. The second kappa shape index (κ2) is 5.24.